The molecule has 2 heterocycles. The first-order valence-corrected chi connectivity index (χ1v) is 8.71. The van der Waals surface area contributed by atoms with Gasteiger partial charge in [-0.25, -0.2) is 4.98 Å². The third-order valence-electron chi connectivity index (χ3n) is 4.64. The molecule has 0 saturated carbocycles. The number of hydrogen-bond acceptors (Lipinski definition) is 5. The first kappa shape index (κ1) is 17.2. The first-order valence-electron chi connectivity index (χ1n) is 8.71. The number of nitrogens with zero attached hydrogens (tertiary/aromatic N) is 3. The quantitative estimate of drug-likeness (QED) is 0.865. The maximum absolute atomic E-state index is 11.1. The van der Waals surface area contributed by atoms with Crippen molar-refractivity contribution in [2.45, 2.75) is 32.6 Å². The topological polar surface area (TPSA) is 78.4 Å². The van der Waals surface area contributed by atoms with Crippen molar-refractivity contribution in [1.82, 2.24) is 9.97 Å². The molecule has 1 aliphatic heterocycles. The molecule has 2 N–H and O–H groups in total. The number of piperidine rings is 1. The minimum atomic E-state index is -0.699. The molecule has 1 aromatic heterocycles. The fourth-order valence-electron chi connectivity index (χ4n) is 3.18. The molecule has 6 heteroatoms. The zero-order valence-corrected chi connectivity index (χ0v) is 14.6. The van der Waals surface area contributed by atoms with Gasteiger partial charge in [-0.3, -0.25) is 4.79 Å². The normalized spacial score (nSPS) is 15.4. The number of carbonyl (C=O) groups is 1. The maximum Gasteiger partial charge on any atom is 0.306 e. The Hall–Kier alpha value is -2.63. The number of para-hydroxylation sites is 1. The third-order valence-corrected chi connectivity index (χ3v) is 4.64. The van der Waals surface area contributed by atoms with E-state index in [1.807, 2.05) is 24.3 Å². The van der Waals surface area contributed by atoms with Crippen molar-refractivity contribution in [2.75, 3.05) is 23.3 Å². The summed E-state index contributed by atoms with van der Waals surface area (Å²) in [7, 11) is 0. The fraction of sp³-hybridized carbons (Fsp3) is 0.421. The molecule has 0 aliphatic carbocycles. The predicted molar refractivity (Wildman–Crippen MR) is 98.4 cm³/mol. The number of benzene rings is 1. The molecule has 0 amide bonds. The summed E-state index contributed by atoms with van der Waals surface area (Å²) in [5.74, 6) is 0.861. The number of rotatable bonds is 5. The van der Waals surface area contributed by atoms with Gasteiger partial charge in [0.1, 0.15) is 5.82 Å². The van der Waals surface area contributed by atoms with Crippen LogP contribution >= 0.6 is 0 Å². The molecule has 1 aromatic carbocycles. The second-order valence-corrected chi connectivity index (χ2v) is 6.70. The van der Waals surface area contributed by atoms with Crippen molar-refractivity contribution < 1.29 is 9.90 Å². The highest BCUT2D eigenvalue weighted by Crippen LogP contribution is 2.27. The van der Waals surface area contributed by atoms with E-state index in [1.54, 1.807) is 6.20 Å². The van der Waals surface area contributed by atoms with Gasteiger partial charge in [0.2, 0.25) is 5.95 Å². The van der Waals surface area contributed by atoms with Crippen LogP contribution in [-0.4, -0.2) is 34.1 Å². The summed E-state index contributed by atoms with van der Waals surface area (Å²) in [4.78, 5) is 22.2. The number of hydrogen-bond donors (Lipinski definition) is 2. The van der Waals surface area contributed by atoms with E-state index in [2.05, 4.69) is 40.1 Å². The summed E-state index contributed by atoms with van der Waals surface area (Å²) in [6.45, 7) is 5.72. The van der Waals surface area contributed by atoms with Crippen LogP contribution in [0.2, 0.25) is 0 Å². The molecule has 0 atom stereocenters. The molecule has 0 spiro atoms. The van der Waals surface area contributed by atoms with Gasteiger partial charge in [-0.05, 0) is 36.5 Å². The predicted octanol–water partition coefficient (Wildman–Crippen LogP) is 3.64. The molecule has 2 aromatic rings. The Bertz CT molecular complexity index is 740. The third kappa shape index (κ3) is 4.07. The SMILES string of the molecule is CC(C)c1ccccc1Nc1nccc(N2CCC(C(=O)O)CC2)n1. The molecular formula is C19H24N4O2. The number of anilines is 3. The summed E-state index contributed by atoms with van der Waals surface area (Å²) >= 11 is 0. The highest BCUT2D eigenvalue weighted by atomic mass is 16.4. The Morgan fingerprint density at radius 2 is 1.96 bits per heavy atom. The molecule has 1 saturated heterocycles. The number of aromatic nitrogens is 2. The Balaban J connectivity index is 1.74. The van der Waals surface area contributed by atoms with Gasteiger partial charge in [0, 0.05) is 25.0 Å². The van der Waals surface area contributed by atoms with Gasteiger partial charge in [0.05, 0.1) is 5.92 Å². The lowest BCUT2D eigenvalue weighted by Crippen LogP contribution is -2.36. The van der Waals surface area contributed by atoms with Crippen LogP contribution in [0.25, 0.3) is 0 Å². The van der Waals surface area contributed by atoms with E-state index in [0.717, 1.165) is 11.5 Å². The van der Waals surface area contributed by atoms with E-state index >= 15 is 0 Å². The van der Waals surface area contributed by atoms with E-state index < -0.39 is 5.97 Å². The maximum atomic E-state index is 11.1. The van der Waals surface area contributed by atoms with Gasteiger partial charge >= 0.3 is 5.97 Å². The van der Waals surface area contributed by atoms with Crippen LogP contribution in [0.15, 0.2) is 36.5 Å². The molecule has 3 rings (SSSR count). The molecule has 0 bridgehead atoms. The lowest BCUT2D eigenvalue weighted by atomic mass is 9.97. The minimum Gasteiger partial charge on any atom is -0.481 e. The van der Waals surface area contributed by atoms with Crippen LogP contribution < -0.4 is 10.2 Å². The zero-order valence-electron chi connectivity index (χ0n) is 14.6. The van der Waals surface area contributed by atoms with Crippen molar-refractivity contribution in [3.63, 3.8) is 0 Å². The zero-order chi connectivity index (χ0) is 17.8. The summed E-state index contributed by atoms with van der Waals surface area (Å²) in [5, 5.41) is 12.4. The van der Waals surface area contributed by atoms with Crippen LogP contribution in [0.1, 0.15) is 38.2 Å². The lowest BCUT2D eigenvalue weighted by molar-refractivity contribution is -0.142. The number of carboxylic acid groups (broad SMARTS) is 1. The van der Waals surface area contributed by atoms with Gasteiger partial charge in [0.15, 0.2) is 0 Å². The number of carboxylic acids is 1. The monoisotopic (exact) mass is 340 g/mol. The van der Waals surface area contributed by atoms with Gasteiger partial charge in [-0.2, -0.15) is 4.98 Å². The van der Waals surface area contributed by atoms with Gasteiger partial charge in [-0.1, -0.05) is 32.0 Å². The average molecular weight is 340 g/mol. The molecular weight excluding hydrogens is 316 g/mol. The molecule has 1 aliphatic rings. The van der Waals surface area contributed by atoms with Crippen LogP contribution in [0, 0.1) is 5.92 Å². The van der Waals surface area contributed by atoms with Crippen LogP contribution in [-0.2, 0) is 4.79 Å². The molecule has 132 valence electrons. The van der Waals surface area contributed by atoms with Gasteiger partial charge < -0.3 is 15.3 Å². The number of nitrogens with one attached hydrogen (secondary N) is 1. The van der Waals surface area contributed by atoms with Crippen molar-refractivity contribution in [2.24, 2.45) is 5.92 Å². The van der Waals surface area contributed by atoms with Gasteiger partial charge in [-0.15, -0.1) is 0 Å². The smallest absolute Gasteiger partial charge is 0.306 e. The lowest BCUT2D eigenvalue weighted by Gasteiger charge is -2.31. The minimum absolute atomic E-state index is 0.242. The molecule has 6 nitrogen and oxygen atoms in total. The Labute approximate surface area is 147 Å². The van der Waals surface area contributed by atoms with Crippen molar-refractivity contribution in [3.05, 3.63) is 42.1 Å². The average Bonchev–Trinajstić information content (AvgIpc) is 2.62. The number of aliphatic carboxylic acids is 1. The molecule has 0 unspecified atom stereocenters. The summed E-state index contributed by atoms with van der Waals surface area (Å²) < 4.78 is 0. The highest BCUT2D eigenvalue weighted by Gasteiger charge is 2.25. The first-order chi connectivity index (χ1) is 12.0. The van der Waals surface area contributed by atoms with E-state index in [9.17, 15) is 4.79 Å². The Kier molecular flexibility index (Phi) is 5.16. The van der Waals surface area contributed by atoms with Crippen LogP contribution in [0.4, 0.5) is 17.5 Å². The van der Waals surface area contributed by atoms with Crippen LogP contribution in [0.5, 0.6) is 0 Å². The Morgan fingerprint density at radius 1 is 1.24 bits per heavy atom. The second-order valence-electron chi connectivity index (χ2n) is 6.70. The summed E-state index contributed by atoms with van der Waals surface area (Å²) in [6.07, 6.45) is 3.04. The van der Waals surface area contributed by atoms with E-state index in [4.69, 9.17) is 5.11 Å². The van der Waals surface area contributed by atoms with Crippen molar-refractivity contribution in [3.8, 4) is 0 Å². The molecule has 1 fully saturated rings. The van der Waals surface area contributed by atoms with Crippen molar-refractivity contribution >= 4 is 23.4 Å². The van der Waals surface area contributed by atoms with E-state index in [0.29, 0.717) is 37.8 Å². The molecule has 0 radical (unpaired) electrons. The van der Waals surface area contributed by atoms with Gasteiger partial charge in [0.25, 0.3) is 0 Å². The van der Waals surface area contributed by atoms with Crippen LogP contribution in [0.3, 0.4) is 0 Å². The summed E-state index contributed by atoms with van der Waals surface area (Å²) in [6, 6.07) is 10.0. The highest BCUT2D eigenvalue weighted by molar-refractivity contribution is 5.70. The standard InChI is InChI=1S/C19H24N4O2/c1-13(2)15-5-3-4-6-16(15)21-19-20-10-7-17(22-19)23-11-8-14(9-12-23)18(24)25/h3-7,10,13-14H,8-9,11-12H2,1-2H3,(H,24,25)(H,20,21,22). The largest absolute Gasteiger partial charge is 0.481 e. The van der Waals surface area contributed by atoms with E-state index in [1.165, 1.54) is 5.56 Å². The summed E-state index contributed by atoms with van der Waals surface area (Å²) in [5.41, 5.74) is 2.23. The fourth-order valence-corrected chi connectivity index (χ4v) is 3.18. The van der Waals surface area contributed by atoms with E-state index in [-0.39, 0.29) is 5.92 Å². The molecule has 25 heavy (non-hydrogen) atoms. The second kappa shape index (κ2) is 7.51. The Morgan fingerprint density at radius 3 is 2.64 bits per heavy atom. The van der Waals surface area contributed by atoms with Crippen molar-refractivity contribution in [1.29, 1.82) is 0 Å².